The molecule has 0 radical (unpaired) electrons. The van der Waals surface area contributed by atoms with Crippen LogP contribution in [-0.2, 0) is 13.1 Å². The quantitative estimate of drug-likeness (QED) is 0.329. The largest absolute Gasteiger partial charge is 0.345 e. The predicted octanol–water partition coefficient (Wildman–Crippen LogP) is 5.78. The third kappa shape index (κ3) is 5.52. The Balaban J connectivity index is 1.89. The fourth-order valence-corrected chi connectivity index (χ4v) is 3.65. The van der Waals surface area contributed by atoms with Crippen LogP contribution in [0.3, 0.4) is 0 Å². The summed E-state index contributed by atoms with van der Waals surface area (Å²) in [5, 5.41) is 11.8. The van der Waals surface area contributed by atoms with Gasteiger partial charge in [-0.05, 0) is 48.7 Å². The minimum absolute atomic E-state index is 0.0544. The number of nitro groups is 1. The van der Waals surface area contributed by atoms with Crippen molar-refractivity contribution in [3.8, 4) is 0 Å². The van der Waals surface area contributed by atoms with Crippen molar-refractivity contribution in [2.45, 2.75) is 39.9 Å². The van der Waals surface area contributed by atoms with Gasteiger partial charge in [0.2, 0.25) is 0 Å². The lowest BCUT2D eigenvalue weighted by atomic mass is 10.0. The number of aromatic nitrogens is 1. The van der Waals surface area contributed by atoms with Crippen LogP contribution in [0.5, 0.6) is 0 Å². The van der Waals surface area contributed by atoms with Gasteiger partial charge < -0.3 is 9.47 Å². The van der Waals surface area contributed by atoms with Crippen LogP contribution in [0, 0.1) is 16.0 Å². The van der Waals surface area contributed by atoms with E-state index in [4.69, 9.17) is 11.6 Å². The summed E-state index contributed by atoms with van der Waals surface area (Å²) in [7, 11) is 0. The minimum Gasteiger partial charge on any atom is -0.345 e. The molecule has 1 heterocycles. The number of rotatable bonds is 8. The predicted molar refractivity (Wildman–Crippen MR) is 122 cm³/mol. The fraction of sp³-hybridized carbons (Fsp3) is 0.292. The van der Waals surface area contributed by atoms with Crippen LogP contribution >= 0.6 is 11.6 Å². The van der Waals surface area contributed by atoms with Crippen molar-refractivity contribution in [1.29, 1.82) is 0 Å². The SMILES string of the molecule is CC(C)[C@H](C)N(Cc1cccn1Cc1cccc(Cl)c1)C(=O)c1cccc([N+](=O)[O-])c1. The summed E-state index contributed by atoms with van der Waals surface area (Å²) in [5.74, 6) is -0.000559. The number of carbonyl (C=O) groups excluding carboxylic acids is 1. The Hall–Kier alpha value is -3.12. The zero-order valence-electron chi connectivity index (χ0n) is 17.9. The first-order valence-corrected chi connectivity index (χ1v) is 10.6. The Morgan fingerprint density at radius 3 is 2.52 bits per heavy atom. The summed E-state index contributed by atoms with van der Waals surface area (Å²) in [6.45, 7) is 7.16. The topological polar surface area (TPSA) is 68.4 Å². The number of benzene rings is 2. The number of non-ortho nitro benzene ring substituents is 1. The van der Waals surface area contributed by atoms with Crippen LogP contribution in [0.1, 0.15) is 42.4 Å². The molecule has 1 aromatic heterocycles. The molecule has 0 bridgehead atoms. The highest BCUT2D eigenvalue weighted by Crippen LogP contribution is 2.22. The standard InChI is InChI=1S/C24H26ClN3O3/c1-17(2)18(3)27(24(29)20-8-5-10-22(14-20)28(30)31)16-23-11-6-12-26(23)15-19-7-4-9-21(25)13-19/h4-14,17-18H,15-16H2,1-3H3/t18-/m0/s1. The van der Waals surface area contributed by atoms with Gasteiger partial charge in [-0.15, -0.1) is 0 Å². The van der Waals surface area contributed by atoms with Crippen molar-refractivity contribution < 1.29 is 9.72 Å². The monoisotopic (exact) mass is 439 g/mol. The number of carbonyl (C=O) groups is 1. The zero-order chi connectivity index (χ0) is 22.5. The number of amides is 1. The van der Waals surface area contributed by atoms with Gasteiger partial charge in [0, 0.05) is 47.2 Å². The van der Waals surface area contributed by atoms with Crippen LogP contribution < -0.4 is 0 Å². The first-order chi connectivity index (χ1) is 14.8. The van der Waals surface area contributed by atoms with Crippen LogP contribution in [-0.4, -0.2) is 26.3 Å². The maximum atomic E-state index is 13.4. The molecule has 0 spiro atoms. The van der Waals surface area contributed by atoms with Gasteiger partial charge in [0.1, 0.15) is 0 Å². The molecule has 31 heavy (non-hydrogen) atoms. The maximum Gasteiger partial charge on any atom is 0.270 e. The lowest BCUT2D eigenvalue weighted by Gasteiger charge is -2.32. The molecule has 3 aromatic rings. The molecule has 0 saturated carbocycles. The van der Waals surface area contributed by atoms with E-state index in [9.17, 15) is 14.9 Å². The van der Waals surface area contributed by atoms with Gasteiger partial charge >= 0.3 is 0 Å². The van der Waals surface area contributed by atoms with E-state index in [1.807, 2.05) is 49.5 Å². The van der Waals surface area contributed by atoms with Gasteiger partial charge in [0.25, 0.3) is 11.6 Å². The fourth-order valence-electron chi connectivity index (χ4n) is 3.43. The lowest BCUT2D eigenvalue weighted by molar-refractivity contribution is -0.384. The van der Waals surface area contributed by atoms with Gasteiger partial charge in [-0.1, -0.05) is 43.6 Å². The summed E-state index contributed by atoms with van der Waals surface area (Å²) in [4.78, 5) is 25.8. The molecule has 0 aliphatic rings. The first-order valence-electron chi connectivity index (χ1n) is 10.2. The van der Waals surface area contributed by atoms with Crippen molar-refractivity contribution in [2.75, 3.05) is 0 Å². The normalized spacial score (nSPS) is 12.0. The van der Waals surface area contributed by atoms with Crippen molar-refractivity contribution in [1.82, 2.24) is 9.47 Å². The maximum absolute atomic E-state index is 13.4. The molecule has 0 fully saturated rings. The second-order valence-electron chi connectivity index (χ2n) is 7.98. The zero-order valence-corrected chi connectivity index (χ0v) is 18.6. The number of nitro benzene ring substituents is 1. The summed E-state index contributed by atoms with van der Waals surface area (Å²) in [6.07, 6.45) is 1.98. The Kier molecular flexibility index (Phi) is 7.13. The van der Waals surface area contributed by atoms with E-state index in [0.29, 0.717) is 23.7 Å². The Labute approximate surface area is 187 Å². The van der Waals surface area contributed by atoms with Crippen LogP contribution in [0.4, 0.5) is 5.69 Å². The van der Waals surface area contributed by atoms with E-state index in [0.717, 1.165) is 11.3 Å². The number of hydrogen-bond acceptors (Lipinski definition) is 3. The molecule has 162 valence electrons. The number of nitrogens with zero attached hydrogens (tertiary/aromatic N) is 3. The molecular formula is C24H26ClN3O3. The first kappa shape index (κ1) is 22.6. The molecule has 0 saturated heterocycles. The third-order valence-electron chi connectivity index (χ3n) is 5.52. The summed E-state index contributed by atoms with van der Waals surface area (Å²) in [6, 6.07) is 17.5. The number of halogens is 1. The third-order valence-corrected chi connectivity index (χ3v) is 5.75. The second-order valence-corrected chi connectivity index (χ2v) is 8.42. The van der Waals surface area contributed by atoms with Crippen LogP contribution in [0.15, 0.2) is 66.9 Å². The van der Waals surface area contributed by atoms with Crippen molar-refractivity contribution in [2.24, 2.45) is 5.92 Å². The summed E-state index contributed by atoms with van der Waals surface area (Å²) in [5.41, 5.74) is 2.27. The highest BCUT2D eigenvalue weighted by atomic mass is 35.5. The molecule has 1 amide bonds. The van der Waals surface area contributed by atoms with Crippen molar-refractivity contribution in [3.63, 3.8) is 0 Å². The van der Waals surface area contributed by atoms with Gasteiger partial charge in [-0.25, -0.2) is 0 Å². The highest BCUT2D eigenvalue weighted by Gasteiger charge is 2.26. The van der Waals surface area contributed by atoms with E-state index in [1.165, 1.54) is 12.1 Å². The average Bonchev–Trinajstić information content (AvgIpc) is 3.17. The molecule has 0 aliphatic heterocycles. The van der Waals surface area contributed by atoms with Gasteiger partial charge in [-0.3, -0.25) is 14.9 Å². The molecule has 0 aliphatic carbocycles. The van der Waals surface area contributed by atoms with Gasteiger partial charge in [0.05, 0.1) is 11.5 Å². The molecular weight excluding hydrogens is 414 g/mol. The van der Waals surface area contributed by atoms with E-state index >= 15 is 0 Å². The molecule has 0 N–H and O–H groups in total. The minimum atomic E-state index is -0.483. The van der Waals surface area contributed by atoms with Crippen LogP contribution in [0.2, 0.25) is 5.02 Å². The molecule has 7 heteroatoms. The van der Waals surface area contributed by atoms with E-state index < -0.39 is 4.92 Å². The average molecular weight is 440 g/mol. The van der Waals surface area contributed by atoms with E-state index in [-0.39, 0.29) is 23.6 Å². The Morgan fingerprint density at radius 2 is 1.84 bits per heavy atom. The van der Waals surface area contributed by atoms with E-state index in [1.54, 1.807) is 17.0 Å². The van der Waals surface area contributed by atoms with Crippen LogP contribution in [0.25, 0.3) is 0 Å². The molecule has 2 aromatic carbocycles. The molecule has 6 nitrogen and oxygen atoms in total. The van der Waals surface area contributed by atoms with Crippen molar-refractivity contribution in [3.05, 3.63) is 98.8 Å². The molecule has 3 rings (SSSR count). The Morgan fingerprint density at radius 1 is 1.10 bits per heavy atom. The van der Waals surface area contributed by atoms with Gasteiger partial charge in [-0.2, -0.15) is 0 Å². The second kappa shape index (κ2) is 9.79. The Bertz CT molecular complexity index is 1080. The smallest absolute Gasteiger partial charge is 0.270 e. The summed E-state index contributed by atoms with van der Waals surface area (Å²) < 4.78 is 2.09. The van der Waals surface area contributed by atoms with Gasteiger partial charge in [0.15, 0.2) is 0 Å². The van der Waals surface area contributed by atoms with Crippen molar-refractivity contribution >= 4 is 23.2 Å². The molecule has 1 atom stereocenters. The molecule has 0 unspecified atom stereocenters. The lowest BCUT2D eigenvalue weighted by Crippen LogP contribution is -2.41. The summed E-state index contributed by atoms with van der Waals surface area (Å²) >= 11 is 6.12. The number of hydrogen-bond donors (Lipinski definition) is 0. The highest BCUT2D eigenvalue weighted by molar-refractivity contribution is 6.30. The van der Waals surface area contributed by atoms with E-state index in [2.05, 4.69) is 18.4 Å².